The molecule has 1 heterocycles. The van der Waals surface area contributed by atoms with Gasteiger partial charge in [-0.05, 0) is 36.2 Å². The maximum atomic E-state index is 6.15. The maximum absolute atomic E-state index is 6.15. The number of pyridine rings is 1. The minimum absolute atomic E-state index is 0.176. The Bertz CT molecular complexity index is 538. The molecule has 18 heavy (non-hydrogen) atoms. The van der Waals surface area contributed by atoms with Gasteiger partial charge in [0, 0.05) is 34.4 Å². The molecule has 4 heteroatoms. The molecule has 0 aliphatic heterocycles. The second kappa shape index (κ2) is 5.70. The molecule has 1 aromatic carbocycles. The topological polar surface area (TPSA) is 38.9 Å². The highest BCUT2D eigenvalue weighted by atomic mass is 35.5. The second-order valence-electron chi connectivity index (χ2n) is 4.30. The summed E-state index contributed by atoms with van der Waals surface area (Å²) in [6, 6.07) is 9.21. The molecule has 2 rings (SSSR count). The molecule has 0 fully saturated rings. The summed E-state index contributed by atoms with van der Waals surface area (Å²) < 4.78 is 0. The van der Waals surface area contributed by atoms with Crippen molar-refractivity contribution in [3.8, 4) is 0 Å². The standard InChI is InChI=1S/C14H14Cl2N2/c1-9-2-4-11(18-8-9)7-14(17)12-5-3-10(15)6-13(12)16/h2-6,8,14H,7,17H2,1H3. The van der Waals surface area contributed by atoms with Crippen LogP contribution in [0.1, 0.15) is 22.9 Å². The molecule has 0 saturated heterocycles. The average Bonchev–Trinajstić information content (AvgIpc) is 2.32. The van der Waals surface area contributed by atoms with Crippen molar-refractivity contribution < 1.29 is 0 Å². The quantitative estimate of drug-likeness (QED) is 0.925. The molecule has 2 nitrogen and oxygen atoms in total. The predicted octanol–water partition coefficient (Wildman–Crippen LogP) is 3.94. The highest BCUT2D eigenvalue weighted by Gasteiger charge is 2.11. The van der Waals surface area contributed by atoms with Crippen molar-refractivity contribution in [3.05, 3.63) is 63.4 Å². The average molecular weight is 281 g/mol. The van der Waals surface area contributed by atoms with Gasteiger partial charge < -0.3 is 5.73 Å². The van der Waals surface area contributed by atoms with E-state index in [4.69, 9.17) is 28.9 Å². The fraction of sp³-hybridized carbons (Fsp3) is 0.214. The Morgan fingerprint density at radius 2 is 2.00 bits per heavy atom. The first kappa shape index (κ1) is 13.3. The number of nitrogens with zero attached hydrogens (tertiary/aromatic N) is 1. The van der Waals surface area contributed by atoms with E-state index in [0.717, 1.165) is 16.8 Å². The lowest BCUT2D eigenvalue weighted by atomic mass is 10.0. The lowest BCUT2D eigenvalue weighted by molar-refractivity contribution is 0.706. The van der Waals surface area contributed by atoms with E-state index in [1.807, 2.05) is 31.3 Å². The van der Waals surface area contributed by atoms with Crippen LogP contribution in [-0.4, -0.2) is 4.98 Å². The molecule has 2 N–H and O–H groups in total. The molecule has 0 radical (unpaired) electrons. The van der Waals surface area contributed by atoms with Crippen LogP contribution < -0.4 is 5.73 Å². The van der Waals surface area contributed by atoms with E-state index >= 15 is 0 Å². The van der Waals surface area contributed by atoms with Crippen LogP contribution in [0.4, 0.5) is 0 Å². The van der Waals surface area contributed by atoms with E-state index in [2.05, 4.69) is 4.98 Å². The van der Waals surface area contributed by atoms with Crippen molar-refractivity contribution in [2.75, 3.05) is 0 Å². The van der Waals surface area contributed by atoms with Crippen LogP contribution in [0.5, 0.6) is 0 Å². The fourth-order valence-corrected chi connectivity index (χ4v) is 2.31. The Kier molecular flexibility index (Phi) is 4.23. The Morgan fingerprint density at radius 3 is 2.61 bits per heavy atom. The molecule has 2 aromatic rings. The normalized spacial score (nSPS) is 12.4. The van der Waals surface area contributed by atoms with Gasteiger partial charge in [0.25, 0.3) is 0 Å². The summed E-state index contributed by atoms with van der Waals surface area (Å²) in [5.74, 6) is 0. The Balaban J connectivity index is 2.16. The minimum Gasteiger partial charge on any atom is -0.324 e. The zero-order valence-corrected chi connectivity index (χ0v) is 11.5. The smallest absolute Gasteiger partial charge is 0.0468 e. The van der Waals surface area contributed by atoms with Crippen LogP contribution in [0.2, 0.25) is 10.0 Å². The van der Waals surface area contributed by atoms with Crippen molar-refractivity contribution in [2.45, 2.75) is 19.4 Å². The van der Waals surface area contributed by atoms with Gasteiger partial charge in [0.05, 0.1) is 0 Å². The number of nitrogens with two attached hydrogens (primary N) is 1. The third-order valence-electron chi connectivity index (χ3n) is 2.76. The molecule has 0 bridgehead atoms. The number of hydrogen-bond donors (Lipinski definition) is 1. The largest absolute Gasteiger partial charge is 0.324 e. The summed E-state index contributed by atoms with van der Waals surface area (Å²) in [6.07, 6.45) is 2.49. The van der Waals surface area contributed by atoms with Crippen molar-refractivity contribution >= 4 is 23.2 Å². The zero-order chi connectivity index (χ0) is 13.1. The summed E-state index contributed by atoms with van der Waals surface area (Å²) in [7, 11) is 0. The Hall–Kier alpha value is -1.09. The van der Waals surface area contributed by atoms with E-state index < -0.39 is 0 Å². The highest BCUT2D eigenvalue weighted by molar-refractivity contribution is 6.35. The molecule has 0 aliphatic rings. The number of benzene rings is 1. The van der Waals surface area contributed by atoms with Gasteiger partial charge in [0.15, 0.2) is 0 Å². The van der Waals surface area contributed by atoms with Crippen LogP contribution >= 0.6 is 23.2 Å². The third-order valence-corrected chi connectivity index (χ3v) is 3.33. The van der Waals surface area contributed by atoms with E-state index in [-0.39, 0.29) is 6.04 Å². The molecule has 0 aliphatic carbocycles. The number of halogens is 2. The summed E-state index contributed by atoms with van der Waals surface area (Å²) in [6.45, 7) is 2.01. The van der Waals surface area contributed by atoms with Crippen molar-refractivity contribution in [1.29, 1.82) is 0 Å². The van der Waals surface area contributed by atoms with Gasteiger partial charge in [-0.1, -0.05) is 35.3 Å². The molecule has 1 aromatic heterocycles. The number of aryl methyl sites for hydroxylation is 1. The predicted molar refractivity (Wildman–Crippen MR) is 76.1 cm³/mol. The molecule has 94 valence electrons. The van der Waals surface area contributed by atoms with Crippen LogP contribution in [0.25, 0.3) is 0 Å². The first-order valence-corrected chi connectivity index (χ1v) is 6.44. The molecule has 0 amide bonds. The van der Waals surface area contributed by atoms with Gasteiger partial charge in [-0.3, -0.25) is 4.98 Å². The molecule has 1 unspecified atom stereocenters. The number of hydrogen-bond acceptors (Lipinski definition) is 2. The van der Waals surface area contributed by atoms with Gasteiger partial charge in [0.2, 0.25) is 0 Å². The van der Waals surface area contributed by atoms with Gasteiger partial charge in [0.1, 0.15) is 0 Å². The van der Waals surface area contributed by atoms with Gasteiger partial charge in [-0.25, -0.2) is 0 Å². The highest BCUT2D eigenvalue weighted by Crippen LogP contribution is 2.26. The van der Waals surface area contributed by atoms with Gasteiger partial charge >= 0.3 is 0 Å². The van der Waals surface area contributed by atoms with Crippen molar-refractivity contribution in [1.82, 2.24) is 4.98 Å². The van der Waals surface area contributed by atoms with Crippen molar-refractivity contribution in [2.24, 2.45) is 5.73 Å². The molecule has 0 saturated carbocycles. The lowest BCUT2D eigenvalue weighted by Crippen LogP contribution is -2.14. The van der Waals surface area contributed by atoms with Crippen molar-refractivity contribution in [3.63, 3.8) is 0 Å². The van der Waals surface area contributed by atoms with Gasteiger partial charge in [-0.15, -0.1) is 0 Å². The van der Waals surface area contributed by atoms with E-state index in [1.54, 1.807) is 12.1 Å². The second-order valence-corrected chi connectivity index (χ2v) is 5.15. The van der Waals surface area contributed by atoms with E-state index in [1.165, 1.54) is 0 Å². The van der Waals surface area contributed by atoms with E-state index in [9.17, 15) is 0 Å². The zero-order valence-electron chi connectivity index (χ0n) is 10.0. The monoisotopic (exact) mass is 280 g/mol. The lowest BCUT2D eigenvalue weighted by Gasteiger charge is -2.13. The molecule has 1 atom stereocenters. The Morgan fingerprint density at radius 1 is 1.22 bits per heavy atom. The summed E-state index contributed by atoms with van der Waals surface area (Å²) in [4.78, 5) is 4.34. The molecule has 0 spiro atoms. The first-order chi connectivity index (χ1) is 8.56. The fourth-order valence-electron chi connectivity index (χ4n) is 1.76. The third kappa shape index (κ3) is 3.22. The SMILES string of the molecule is Cc1ccc(CC(N)c2ccc(Cl)cc2Cl)nc1. The van der Waals surface area contributed by atoms with Crippen LogP contribution in [0.3, 0.4) is 0 Å². The van der Waals surface area contributed by atoms with Crippen LogP contribution in [0.15, 0.2) is 36.5 Å². The molecular formula is C14H14Cl2N2. The number of rotatable bonds is 3. The summed E-state index contributed by atoms with van der Waals surface area (Å²) >= 11 is 12.0. The van der Waals surface area contributed by atoms with Crippen LogP contribution in [-0.2, 0) is 6.42 Å². The number of aromatic nitrogens is 1. The summed E-state index contributed by atoms with van der Waals surface area (Å²) in [5.41, 5.74) is 9.13. The Labute approximate surface area is 117 Å². The minimum atomic E-state index is -0.176. The maximum Gasteiger partial charge on any atom is 0.0468 e. The van der Waals surface area contributed by atoms with E-state index in [0.29, 0.717) is 16.5 Å². The first-order valence-electron chi connectivity index (χ1n) is 5.68. The molecular weight excluding hydrogens is 267 g/mol. The summed E-state index contributed by atoms with van der Waals surface area (Å²) in [5, 5.41) is 1.21. The van der Waals surface area contributed by atoms with Gasteiger partial charge in [-0.2, -0.15) is 0 Å². The van der Waals surface area contributed by atoms with Crippen LogP contribution in [0, 0.1) is 6.92 Å².